The van der Waals surface area contributed by atoms with Crippen LogP contribution in [0.15, 0.2) is 44.8 Å². The second-order valence-electron chi connectivity index (χ2n) is 5.42. The van der Waals surface area contributed by atoms with Crippen LogP contribution >= 0.6 is 0 Å². The van der Waals surface area contributed by atoms with Crippen molar-refractivity contribution in [1.82, 2.24) is 0 Å². The maximum Gasteiger partial charge on any atom is 0.522 e. The van der Waals surface area contributed by atoms with Gasteiger partial charge in [0, 0.05) is 0 Å². The van der Waals surface area contributed by atoms with Gasteiger partial charge in [0.15, 0.2) is 0 Å². The van der Waals surface area contributed by atoms with Gasteiger partial charge in [-0.05, 0) is 0 Å². The number of halogens is 3. The predicted molar refractivity (Wildman–Crippen MR) is 89.0 cm³/mol. The van der Waals surface area contributed by atoms with Crippen molar-refractivity contribution in [3.05, 3.63) is 44.8 Å². The van der Waals surface area contributed by atoms with Gasteiger partial charge in [0.1, 0.15) is 0 Å². The van der Waals surface area contributed by atoms with Gasteiger partial charge in [-0.25, -0.2) is 0 Å². The zero-order valence-corrected chi connectivity index (χ0v) is 16.2. The van der Waals surface area contributed by atoms with Crippen LogP contribution in [0.1, 0.15) is 51.4 Å². The third-order valence-electron chi connectivity index (χ3n) is 3.30. The van der Waals surface area contributed by atoms with Gasteiger partial charge in [-0.2, -0.15) is 21.6 Å². The average Bonchev–Trinajstić information content (AvgIpc) is 2.42. The van der Waals surface area contributed by atoms with Gasteiger partial charge in [-0.1, -0.05) is 0 Å². The molecule has 2 aliphatic rings. The van der Waals surface area contributed by atoms with Crippen LogP contribution in [0.4, 0.5) is 13.2 Å². The van der Waals surface area contributed by atoms with Crippen LogP contribution in [0.3, 0.4) is 0 Å². The first-order valence-electron chi connectivity index (χ1n) is 8.02. The summed E-state index contributed by atoms with van der Waals surface area (Å²) in [6.07, 6.45) is 24.5. The Morgan fingerprint density at radius 1 is 0.800 bits per heavy atom. The van der Waals surface area contributed by atoms with Crippen LogP contribution in [-0.4, -0.2) is 18.5 Å². The molecule has 145 valence electrons. The monoisotopic (exact) mass is 467 g/mol. The van der Waals surface area contributed by atoms with Crippen molar-refractivity contribution in [2.45, 2.75) is 56.9 Å². The quantitative estimate of drug-likeness (QED) is 0.253. The largest absolute Gasteiger partial charge is 0.522 e. The van der Waals surface area contributed by atoms with E-state index in [-0.39, 0.29) is 0 Å². The Kier molecular flexibility index (Phi) is 9.91. The summed E-state index contributed by atoms with van der Waals surface area (Å²) in [5.41, 5.74) is -5.53. The van der Waals surface area contributed by atoms with E-state index in [4.69, 9.17) is 13.0 Å². The minimum Gasteiger partial charge on any atom is -0.279 e. The summed E-state index contributed by atoms with van der Waals surface area (Å²) in [7, 11) is -5.84. The Balaban J connectivity index is 0.000000333. The Labute approximate surface area is 155 Å². The summed E-state index contributed by atoms with van der Waals surface area (Å²) in [5.74, 6) is 0. The van der Waals surface area contributed by atoms with Crippen LogP contribution in [0.5, 0.6) is 0 Å². The Morgan fingerprint density at radius 2 is 1.16 bits per heavy atom. The molecule has 2 aliphatic carbocycles. The summed E-state index contributed by atoms with van der Waals surface area (Å²) in [4.78, 5) is 0. The van der Waals surface area contributed by atoms with Gasteiger partial charge < -0.3 is 0 Å². The topological polar surface area (TPSA) is 54.4 Å². The second-order valence-corrected chi connectivity index (χ2v) is 9.35. The van der Waals surface area contributed by atoms with Gasteiger partial charge in [-0.3, -0.25) is 4.55 Å². The van der Waals surface area contributed by atoms with E-state index in [0.717, 1.165) is 0 Å². The molecule has 0 heterocycles. The molecule has 0 amide bonds. The van der Waals surface area contributed by atoms with Crippen molar-refractivity contribution < 1.29 is 43.3 Å². The SMILES string of the molecule is C1=CCC[C]([Rh][C]2=CCCC=CCC2)=CCC1.O=S(=O)(O)C(F)(F)F. The second kappa shape index (κ2) is 11.1. The van der Waals surface area contributed by atoms with Crippen molar-refractivity contribution >= 4 is 10.1 Å². The van der Waals surface area contributed by atoms with Crippen LogP contribution < -0.4 is 0 Å². The van der Waals surface area contributed by atoms with Crippen LogP contribution in [0.2, 0.25) is 0 Å². The molecule has 0 fully saturated rings. The van der Waals surface area contributed by atoms with E-state index >= 15 is 0 Å². The van der Waals surface area contributed by atoms with Gasteiger partial charge in [0.05, 0.1) is 0 Å². The molecule has 0 aromatic heterocycles. The smallest absolute Gasteiger partial charge is 0.279 e. The molecule has 0 radical (unpaired) electrons. The molecule has 0 unspecified atom stereocenters. The molecular weight excluding hydrogens is 444 g/mol. The van der Waals surface area contributed by atoms with Crippen molar-refractivity contribution in [2.75, 3.05) is 0 Å². The first-order valence-corrected chi connectivity index (χ1v) is 11.1. The van der Waals surface area contributed by atoms with E-state index in [1.54, 1.807) is 8.33 Å². The number of rotatable bonds is 2. The third-order valence-corrected chi connectivity index (χ3v) is 6.42. The molecule has 0 aromatic rings. The van der Waals surface area contributed by atoms with E-state index in [9.17, 15) is 13.2 Å². The minimum atomic E-state index is -5.84. The molecule has 0 aromatic carbocycles. The fourth-order valence-electron chi connectivity index (χ4n) is 2.05. The van der Waals surface area contributed by atoms with Gasteiger partial charge in [0.25, 0.3) is 0 Å². The molecule has 0 saturated heterocycles. The zero-order valence-electron chi connectivity index (χ0n) is 13.8. The standard InChI is InChI=1S/2C8H11.CHF3O3S.Rh/c2*1-2-4-6-8-7-5-3-1;2-1(3,4)8(5,6)7;/h2*1-2,7H,3-6H2;(H,5,6,7);. The number of hydrogen-bond donors (Lipinski definition) is 1. The molecule has 0 saturated carbocycles. The molecule has 1 N–H and O–H groups in total. The summed E-state index contributed by atoms with van der Waals surface area (Å²) >= 11 is 0.563. The molecule has 0 bridgehead atoms. The van der Waals surface area contributed by atoms with Crippen molar-refractivity contribution in [1.29, 1.82) is 0 Å². The summed E-state index contributed by atoms with van der Waals surface area (Å²) < 4.78 is 61.0. The van der Waals surface area contributed by atoms with E-state index in [2.05, 4.69) is 36.5 Å². The average molecular weight is 467 g/mol. The van der Waals surface area contributed by atoms with E-state index in [1.807, 2.05) is 0 Å². The molecule has 8 heteroatoms. The maximum absolute atomic E-state index is 10.7. The van der Waals surface area contributed by atoms with Crippen molar-refractivity contribution in [3.63, 3.8) is 0 Å². The summed E-state index contributed by atoms with van der Waals surface area (Å²) in [6.45, 7) is 0. The maximum atomic E-state index is 10.7. The van der Waals surface area contributed by atoms with Crippen LogP contribution in [0, 0.1) is 0 Å². The number of allylic oxidation sites excluding steroid dienone is 8. The van der Waals surface area contributed by atoms with Gasteiger partial charge >= 0.3 is 129 Å². The molecule has 2 rings (SSSR count). The number of hydrogen-bond acceptors (Lipinski definition) is 2. The fraction of sp³-hybridized carbons (Fsp3) is 0.529. The molecule has 25 heavy (non-hydrogen) atoms. The zero-order chi connectivity index (χ0) is 18.8. The van der Waals surface area contributed by atoms with Crippen LogP contribution in [0.25, 0.3) is 0 Å². The van der Waals surface area contributed by atoms with Gasteiger partial charge in [-0.15, -0.1) is 0 Å². The van der Waals surface area contributed by atoms with E-state index in [0.29, 0.717) is 17.1 Å². The molecule has 0 spiro atoms. The first-order chi connectivity index (χ1) is 11.7. The normalized spacial score (nSPS) is 19.5. The molecule has 3 nitrogen and oxygen atoms in total. The minimum absolute atomic E-state index is 0.563. The predicted octanol–water partition coefficient (Wildman–Crippen LogP) is 5.49. The Hall–Kier alpha value is -0.717. The number of alkyl halides is 3. The molecular formula is C17H23F3O3RhS. The van der Waals surface area contributed by atoms with Crippen molar-refractivity contribution in [3.8, 4) is 0 Å². The molecule has 0 aliphatic heterocycles. The first kappa shape index (κ1) is 22.3. The van der Waals surface area contributed by atoms with E-state index in [1.165, 1.54) is 51.4 Å². The third kappa shape index (κ3) is 10.1. The Morgan fingerprint density at radius 3 is 1.52 bits per heavy atom. The van der Waals surface area contributed by atoms with Crippen molar-refractivity contribution in [2.24, 2.45) is 0 Å². The van der Waals surface area contributed by atoms with E-state index < -0.39 is 15.6 Å². The fourth-order valence-corrected chi connectivity index (χ4v) is 4.42. The summed E-state index contributed by atoms with van der Waals surface area (Å²) in [5, 5.41) is 0. The van der Waals surface area contributed by atoms with Gasteiger partial charge in [0.2, 0.25) is 0 Å². The Bertz CT molecular complexity index is 598. The summed E-state index contributed by atoms with van der Waals surface area (Å²) in [6, 6.07) is 0. The molecule has 0 atom stereocenters. The van der Waals surface area contributed by atoms with Crippen LogP contribution in [-0.2, 0) is 27.2 Å².